The number of non-ortho nitro benzene ring substituents is 1. The quantitative estimate of drug-likeness (QED) is 0.346. The molecule has 0 aliphatic heterocycles. The fraction of sp³-hybridized carbons (Fsp3) is 0.0667. The highest BCUT2D eigenvalue weighted by Crippen LogP contribution is 2.20. The third-order valence-corrected chi connectivity index (χ3v) is 2.98. The zero-order chi connectivity index (χ0) is 17.0. The van der Waals surface area contributed by atoms with Crippen LogP contribution >= 0.6 is 0 Å². The van der Waals surface area contributed by atoms with Gasteiger partial charge in [0.15, 0.2) is 0 Å². The monoisotopic (exact) mass is 314 g/mol. The Kier molecular flexibility index (Phi) is 4.55. The van der Waals surface area contributed by atoms with Crippen molar-refractivity contribution in [3.8, 4) is 0 Å². The molecule has 0 aliphatic rings. The summed E-state index contributed by atoms with van der Waals surface area (Å²) < 4.78 is 0. The number of nitro benzene ring substituents is 1. The largest absolute Gasteiger partial charge is 0.397 e. The van der Waals surface area contributed by atoms with Crippen LogP contribution in [0.1, 0.15) is 5.56 Å². The molecule has 8 nitrogen and oxygen atoms in total. The minimum absolute atomic E-state index is 0.150. The maximum atomic E-state index is 11.9. The Balaban J connectivity index is 2.08. The molecule has 8 heteroatoms. The van der Waals surface area contributed by atoms with Crippen LogP contribution in [-0.2, 0) is 9.59 Å². The molecule has 0 atom stereocenters. The van der Waals surface area contributed by atoms with Gasteiger partial charge in [-0.1, -0.05) is 12.1 Å². The van der Waals surface area contributed by atoms with Gasteiger partial charge in [0.2, 0.25) is 0 Å². The van der Waals surface area contributed by atoms with Crippen molar-refractivity contribution in [2.24, 2.45) is 0 Å². The number of carbonyl (C=O) groups is 2. The number of amides is 2. The summed E-state index contributed by atoms with van der Waals surface area (Å²) in [5, 5.41) is 15.4. The van der Waals surface area contributed by atoms with Crippen molar-refractivity contribution in [3.05, 3.63) is 58.1 Å². The van der Waals surface area contributed by atoms with Gasteiger partial charge in [-0.25, -0.2) is 0 Å². The van der Waals surface area contributed by atoms with Crippen molar-refractivity contribution >= 4 is 34.6 Å². The topological polar surface area (TPSA) is 127 Å². The second-order valence-corrected chi connectivity index (χ2v) is 4.81. The van der Waals surface area contributed by atoms with Crippen molar-refractivity contribution < 1.29 is 14.5 Å². The van der Waals surface area contributed by atoms with Crippen molar-refractivity contribution in [1.82, 2.24) is 0 Å². The first-order chi connectivity index (χ1) is 10.9. The standard InChI is InChI=1S/C15H14N4O4/c1-9-5-6-12(16)13(7-9)18-15(21)14(20)17-10-3-2-4-11(8-10)19(22)23/h2-8H,16H2,1H3,(H,17,20)(H,18,21). The number of nitrogens with one attached hydrogen (secondary N) is 2. The molecule has 2 aromatic rings. The summed E-state index contributed by atoms with van der Waals surface area (Å²) in [5.41, 5.74) is 7.20. The Morgan fingerprint density at radius 3 is 2.48 bits per heavy atom. The van der Waals surface area contributed by atoms with Crippen LogP contribution < -0.4 is 16.4 Å². The zero-order valence-electron chi connectivity index (χ0n) is 12.2. The average molecular weight is 314 g/mol. The third-order valence-electron chi connectivity index (χ3n) is 2.98. The molecule has 0 aliphatic carbocycles. The highest BCUT2D eigenvalue weighted by molar-refractivity contribution is 6.43. The number of hydrogen-bond donors (Lipinski definition) is 3. The van der Waals surface area contributed by atoms with Crippen LogP contribution in [0.5, 0.6) is 0 Å². The van der Waals surface area contributed by atoms with Gasteiger partial charge < -0.3 is 16.4 Å². The van der Waals surface area contributed by atoms with E-state index in [0.717, 1.165) is 11.6 Å². The van der Waals surface area contributed by atoms with E-state index in [9.17, 15) is 19.7 Å². The fourth-order valence-corrected chi connectivity index (χ4v) is 1.84. The molecule has 0 saturated carbocycles. The van der Waals surface area contributed by atoms with E-state index in [2.05, 4.69) is 10.6 Å². The minimum Gasteiger partial charge on any atom is -0.397 e. The highest BCUT2D eigenvalue weighted by Gasteiger charge is 2.16. The van der Waals surface area contributed by atoms with E-state index >= 15 is 0 Å². The highest BCUT2D eigenvalue weighted by atomic mass is 16.6. The molecule has 2 aromatic carbocycles. The van der Waals surface area contributed by atoms with Crippen LogP contribution in [0.25, 0.3) is 0 Å². The lowest BCUT2D eigenvalue weighted by Gasteiger charge is -2.09. The number of hydrogen-bond acceptors (Lipinski definition) is 5. The van der Waals surface area contributed by atoms with E-state index in [0.29, 0.717) is 11.4 Å². The first kappa shape index (κ1) is 16.0. The second-order valence-electron chi connectivity index (χ2n) is 4.81. The van der Waals surface area contributed by atoms with Crippen molar-refractivity contribution in [3.63, 3.8) is 0 Å². The molecule has 0 fully saturated rings. The number of nitrogens with zero attached hydrogens (tertiary/aromatic N) is 1. The number of nitrogens with two attached hydrogens (primary N) is 1. The van der Waals surface area contributed by atoms with E-state index in [1.54, 1.807) is 18.2 Å². The van der Waals surface area contributed by atoms with Crippen molar-refractivity contribution in [2.45, 2.75) is 6.92 Å². The second kappa shape index (κ2) is 6.56. The molecule has 0 saturated heterocycles. The number of nitro groups is 1. The number of benzene rings is 2. The Bertz CT molecular complexity index is 789. The fourth-order valence-electron chi connectivity index (χ4n) is 1.84. The maximum Gasteiger partial charge on any atom is 0.314 e. The molecule has 2 rings (SSSR count). The molecule has 2 amide bonds. The molecule has 0 aromatic heterocycles. The Morgan fingerprint density at radius 1 is 1.09 bits per heavy atom. The van der Waals surface area contributed by atoms with E-state index in [4.69, 9.17) is 5.73 Å². The molecule has 0 radical (unpaired) electrons. The molecule has 0 spiro atoms. The van der Waals surface area contributed by atoms with E-state index in [1.165, 1.54) is 18.2 Å². The predicted molar refractivity (Wildman–Crippen MR) is 85.9 cm³/mol. The number of rotatable bonds is 3. The summed E-state index contributed by atoms with van der Waals surface area (Å²) in [5.74, 6) is -1.87. The van der Waals surface area contributed by atoms with Gasteiger partial charge in [-0.2, -0.15) is 0 Å². The van der Waals surface area contributed by atoms with Gasteiger partial charge in [-0.3, -0.25) is 19.7 Å². The number of carbonyl (C=O) groups excluding carboxylic acids is 2. The maximum absolute atomic E-state index is 11.9. The average Bonchev–Trinajstić information content (AvgIpc) is 2.51. The summed E-state index contributed by atoms with van der Waals surface area (Å²) in [4.78, 5) is 33.8. The van der Waals surface area contributed by atoms with Gasteiger partial charge >= 0.3 is 11.8 Å². The van der Waals surface area contributed by atoms with Gasteiger partial charge in [-0.05, 0) is 30.7 Å². The van der Waals surface area contributed by atoms with Crippen molar-refractivity contribution in [2.75, 3.05) is 16.4 Å². The molecular weight excluding hydrogens is 300 g/mol. The van der Waals surface area contributed by atoms with Gasteiger partial charge in [-0.15, -0.1) is 0 Å². The van der Waals surface area contributed by atoms with Crippen LogP contribution in [0.15, 0.2) is 42.5 Å². The molecule has 23 heavy (non-hydrogen) atoms. The molecule has 0 heterocycles. The van der Waals surface area contributed by atoms with Crippen LogP contribution in [0.3, 0.4) is 0 Å². The smallest absolute Gasteiger partial charge is 0.314 e. The summed E-state index contributed by atoms with van der Waals surface area (Å²) >= 11 is 0. The Hall–Kier alpha value is -3.42. The lowest BCUT2D eigenvalue weighted by Crippen LogP contribution is -2.29. The lowest BCUT2D eigenvalue weighted by molar-refractivity contribution is -0.384. The van der Waals surface area contributed by atoms with E-state index in [1.807, 2.05) is 6.92 Å². The molecule has 118 valence electrons. The van der Waals surface area contributed by atoms with Crippen LogP contribution in [0, 0.1) is 17.0 Å². The van der Waals surface area contributed by atoms with Crippen LogP contribution in [-0.4, -0.2) is 16.7 Å². The van der Waals surface area contributed by atoms with Crippen LogP contribution in [0.4, 0.5) is 22.7 Å². The van der Waals surface area contributed by atoms with E-state index in [-0.39, 0.29) is 11.4 Å². The number of aryl methyl sites for hydroxylation is 1. The summed E-state index contributed by atoms with van der Waals surface area (Å²) in [6.45, 7) is 1.82. The minimum atomic E-state index is -0.952. The van der Waals surface area contributed by atoms with Crippen LogP contribution in [0.2, 0.25) is 0 Å². The molecule has 0 bridgehead atoms. The number of anilines is 3. The number of nitrogen functional groups attached to an aromatic ring is 1. The van der Waals surface area contributed by atoms with Gasteiger partial charge in [0.1, 0.15) is 0 Å². The van der Waals surface area contributed by atoms with E-state index < -0.39 is 16.7 Å². The third kappa shape index (κ3) is 4.03. The summed E-state index contributed by atoms with van der Waals surface area (Å²) in [6.07, 6.45) is 0. The first-order valence-electron chi connectivity index (χ1n) is 6.60. The Morgan fingerprint density at radius 2 is 1.78 bits per heavy atom. The first-order valence-corrected chi connectivity index (χ1v) is 6.60. The zero-order valence-corrected chi connectivity index (χ0v) is 12.2. The van der Waals surface area contributed by atoms with Crippen molar-refractivity contribution in [1.29, 1.82) is 0 Å². The summed E-state index contributed by atoms with van der Waals surface area (Å²) in [6, 6.07) is 10.3. The predicted octanol–water partition coefficient (Wildman–Crippen LogP) is 2.06. The molecular formula is C15H14N4O4. The molecule has 4 N–H and O–H groups in total. The van der Waals surface area contributed by atoms with Gasteiger partial charge in [0.05, 0.1) is 16.3 Å². The Labute approximate surface area is 131 Å². The SMILES string of the molecule is Cc1ccc(N)c(NC(=O)C(=O)Nc2cccc([N+](=O)[O-])c2)c1. The molecule has 0 unspecified atom stereocenters. The summed E-state index contributed by atoms with van der Waals surface area (Å²) in [7, 11) is 0. The van der Waals surface area contributed by atoms with Gasteiger partial charge in [0, 0.05) is 17.8 Å². The van der Waals surface area contributed by atoms with Gasteiger partial charge in [0.25, 0.3) is 5.69 Å². The lowest BCUT2D eigenvalue weighted by atomic mass is 10.2. The normalized spacial score (nSPS) is 9.96.